The number of hydrogen-bond acceptors (Lipinski definition) is 2. The van der Waals surface area contributed by atoms with Crippen LogP contribution in [0.3, 0.4) is 0 Å². The number of carbonyl (C=O) groups is 2. The van der Waals surface area contributed by atoms with E-state index in [0.29, 0.717) is 22.7 Å². The molecule has 0 bridgehead atoms. The zero-order valence-corrected chi connectivity index (χ0v) is 14.6. The summed E-state index contributed by atoms with van der Waals surface area (Å²) >= 11 is 0. The van der Waals surface area contributed by atoms with Crippen LogP contribution in [0.15, 0.2) is 48.5 Å². The second-order valence-corrected chi connectivity index (χ2v) is 6.40. The number of rotatable bonds is 5. The van der Waals surface area contributed by atoms with Crippen LogP contribution in [0.5, 0.6) is 0 Å². The Kier molecular flexibility index (Phi) is 5.74. The number of nitrogens with one attached hydrogen (secondary N) is 2. The van der Waals surface area contributed by atoms with Gasteiger partial charge in [0.05, 0.1) is 11.3 Å². The molecule has 126 valence electrons. The largest absolute Gasteiger partial charge is 0.350 e. The summed E-state index contributed by atoms with van der Waals surface area (Å²) in [5, 5.41) is 5.67. The summed E-state index contributed by atoms with van der Waals surface area (Å²) < 4.78 is 0. The van der Waals surface area contributed by atoms with Crippen LogP contribution >= 0.6 is 0 Å². The van der Waals surface area contributed by atoms with Gasteiger partial charge in [0.1, 0.15) is 0 Å². The Morgan fingerprint density at radius 3 is 2.04 bits per heavy atom. The molecule has 2 N–H and O–H groups in total. The van der Waals surface area contributed by atoms with E-state index in [2.05, 4.69) is 24.5 Å². The Bertz CT molecular complexity index is 719. The van der Waals surface area contributed by atoms with Gasteiger partial charge in [0, 0.05) is 11.6 Å². The summed E-state index contributed by atoms with van der Waals surface area (Å²) in [6.45, 7) is 8.02. The van der Waals surface area contributed by atoms with Gasteiger partial charge in [-0.1, -0.05) is 38.1 Å². The first-order valence-corrected chi connectivity index (χ1v) is 8.19. The molecule has 0 atom stereocenters. The quantitative estimate of drug-likeness (QED) is 0.866. The lowest BCUT2D eigenvalue weighted by atomic mass is 10.0. The molecule has 0 fully saturated rings. The SMILES string of the molecule is CC(C)NC(=O)c1ccccc1NC(=O)c1ccc(C(C)C)cc1. The first-order chi connectivity index (χ1) is 11.4. The molecular formula is C20H24N2O2. The summed E-state index contributed by atoms with van der Waals surface area (Å²) in [5.41, 5.74) is 2.72. The van der Waals surface area contributed by atoms with Crippen molar-refractivity contribution in [2.45, 2.75) is 39.7 Å². The first kappa shape index (κ1) is 17.7. The summed E-state index contributed by atoms with van der Waals surface area (Å²) in [4.78, 5) is 24.7. The van der Waals surface area contributed by atoms with E-state index < -0.39 is 0 Å². The molecule has 2 aromatic rings. The molecule has 4 nitrogen and oxygen atoms in total. The smallest absolute Gasteiger partial charge is 0.255 e. The number of benzene rings is 2. The van der Waals surface area contributed by atoms with E-state index in [1.807, 2.05) is 38.1 Å². The predicted molar refractivity (Wildman–Crippen MR) is 97.5 cm³/mol. The molecule has 0 unspecified atom stereocenters. The fraction of sp³-hybridized carbons (Fsp3) is 0.300. The molecule has 0 aliphatic rings. The molecule has 0 heterocycles. The van der Waals surface area contributed by atoms with E-state index in [0.717, 1.165) is 0 Å². The zero-order chi connectivity index (χ0) is 17.7. The highest BCUT2D eigenvalue weighted by Gasteiger charge is 2.14. The van der Waals surface area contributed by atoms with Crippen LogP contribution in [-0.4, -0.2) is 17.9 Å². The van der Waals surface area contributed by atoms with Crippen molar-refractivity contribution in [3.8, 4) is 0 Å². The maximum atomic E-state index is 12.4. The van der Waals surface area contributed by atoms with Gasteiger partial charge in [-0.25, -0.2) is 0 Å². The fourth-order valence-corrected chi connectivity index (χ4v) is 2.34. The molecule has 0 saturated carbocycles. The first-order valence-electron chi connectivity index (χ1n) is 8.19. The standard InChI is InChI=1S/C20H24N2O2/c1-13(2)15-9-11-16(12-10-15)19(23)22-18-8-6-5-7-17(18)20(24)21-14(3)4/h5-14H,1-4H3,(H,21,24)(H,22,23). The lowest BCUT2D eigenvalue weighted by Gasteiger charge is -2.13. The van der Waals surface area contributed by atoms with Crippen LogP contribution < -0.4 is 10.6 Å². The third-order valence-electron chi connectivity index (χ3n) is 3.68. The minimum absolute atomic E-state index is 0.0323. The third-order valence-corrected chi connectivity index (χ3v) is 3.68. The van der Waals surface area contributed by atoms with Crippen molar-refractivity contribution < 1.29 is 9.59 Å². The van der Waals surface area contributed by atoms with Crippen LogP contribution in [0.25, 0.3) is 0 Å². The van der Waals surface area contributed by atoms with Gasteiger partial charge in [-0.2, -0.15) is 0 Å². The Balaban J connectivity index is 2.18. The molecule has 0 radical (unpaired) electrons. The average Bonchev–Trinajstić information content (AvgIpc) is 2.54. The van der Waals surface area contributed by atoms with Gasteiger partial charge in [-0.3, -0.25) is 9.59 Å². The van der Waals surface area contributed by atoms with Crippen LogP contribution in [-0.2, 0) is 0 Å². The van der Waals surface area contributed by atoms with Gasteiger partial charge < -0.3 is 10.6 Å². The molecule has 2 rings (SSSR count). The van der Waals surface area contributed by atoms with Gasteiger partial charge in [-0.05, 0) is 49.6 Å². The van der Waals surface area contributed by atoms with Crippen molar-refractivity contribution in [3.63, 3.8) is 0 Å². The molecule has 0 aliphatic heterocycles. The van der Waals surface area contributed by atoms with Gasteiger partial charge in [0.25, 0.3) is 11.8 Å². The normalized spacial score (nSPS) is 10.8. The van der Waals surface area contributed by atoms with Gasteiger partial charge >= 0.3 is 0 Å². The predicted octanol–water partition coefficient (Wildman–Crippen LogP) is 4.20. The van der Waals surface area contributed by atoms with Crippen LogP contribution in [0, 0.1) is 0 Å². The van der Waals surface area contributed by atoms with Crippen molar-refractivity contribution in [2.24, 2.45) is 0 Å². The minimum Gasteiger partial charge on any atom is -0.350 e. The third kappa shape index (κ3) is 4.44. The van der Waals surface area contributed by atoms with Crippen LogP contribution in [0.4, 0.5) is 5.69 Å². The number of amides is 2. The molecule has 0 saturated heterocycles. The number of para-hydroxylation sites is 1. The number of hydrogen-bond donors (Lipinski definition) is 2. The molecule has 0 spiro atoms. The van der Waals surface area contributed by atoms with Crippen molar-refractivity contribution in [1.29, 1.82) is 0 Å². The highest BCUT2D eigenvalue weighted by atomic mass is 16.2. The van der Waals surface area contributed by atoms with E-state index in [4.69, 9.17) is 0 Å². The molecule has 24 heavy (non-hydrogen) atoms. The van der Waals surface area contributed by atoms with Crippen molar-refractivity contribution in [2.75, 3.05) is 5.32 Å². The molecular weight excluding hydrogens is 300 g/mol. The second kappa shape index (κ2) is 7.77. The molecule has 0 aromatic heterocycles. The number of anilines is 1. The van der Waals surface area contributed by atoms with Gasteiger partial charge in [0.2, 0.25) is 0 Å². The second-order valence-electron chi connectivity index (χ2n) is 6.40. The monoisotopic (exact) mass is 324 g/mol. The highest BCUT2D eigenvalue weighted by Crippen LogP contribution is 2.18. The maximum Gasteiger partial charge on any atom is 0.255 e. The molecule has 0 aliphatic carbocycles. The lowest BCUT2D eigenvalue weighted by Crippen LogP contribution is -2.31. The fourth-order valence-electron chi connectivity index (χ4n) is 2.34. The van der Waals surface area contributed by atoms with E-state index in [1.165, 1.54) is 5.56 Å². The maximum absolute atomic E-state index is 12.4. The van der Waals surface area contributed by atoms with Gasteiger partial charge in [-0.15, -0.1) is 0 Å². The summed E-state index contributed by atoms with van der Waals surface area (Å²) in [6.07, 6.45) is 0. The summed E-state index contributed by atoms with van der Waals surface area (Å²) in [7, 11) is 0. The average molecular weight is 324 g/mol. The Labute approximate surface area is 143 Å². The van der Waals surface area contributed by atoms with Crippen LogP contribution in [0.1, 0.15) is 59.9 Å². The molecule has 2 amide bonds. The Morgan fingerprint density at radius 2 is 1.46 bits per heavy atom. The summed E-state index contributed by atoms with van der Waals surface area (Å²) in [6, 6.07) is 14.6. The topological polar surface area (TPSA) is 58.2 Å². The molecule has 2 aromatic carbocycles. The van der Waals surface area contributed by atoms with Crippen molar-refractivity contribution in [1.82, 2.24) is 5.32 Å². The summed E-state index contributed by atoms with van der Waals surface area (Å²) in [5.74, 6) is -0.00581. The van der Waals surface area contributed by atoms with Crippen LogP contribution in [0.2, 0.25) is 0 Å². The van der Waals surface area contributed by atoms with E-state index in [-0.39, 0.29) is 17.9 Å². The lowest BCUT2D eigenvalue weighted by molar-refractivity contribution is 0.0944. The number of carbonyl (C=O) groups excluding carboxylic acids is 2. The van der Waals surface area contributed by atoms with Crippen molar-refractivity contribution >= 4 is 17.5 Å². The van der Waals surface area contributed by atoms with E-state index in [9.17, 15) is 9.59 Å². The van der Waals surface area contributed by atoms with E-state index >= 15 is 0 Å². The Morgan fingerprint density at radius 1 is 0.833 bits per heavy atom. The minimum atomic E-state index is -0.227. The Hall–Kier alpha value is -2.62. The zero-order valence-electron chi connectivity index (χ0n) is 14.6. The van der Waals surface area contributed by atoms with E-state index in [1.54, 1.807) is 24.3 Å². The van der Waals surface area contributed by atoms with Gasteiger partial charge in [0.15, 0.2) is 0 Å². The van der Waals surface area contributed by atoms with Crippen molar-refractivity contribution in [3.05, 3.63) is 65.2 Å². The highest BCUT2D eigenvalue weighted by molar-refractivity contribution is 6.09. The molecule has 4 heteroatoms.